The molecule has 6 heteroatoms. The Labute approximate surface area is 149 Å². The Morgan fingerprint density at radius 2 is 1.91 bits per heavy atom. The first-order chi connectivity index (χ1) is 11.1. The molecule has 1 unspecified atom stereocenters. The highest BCUT2D eigenvalue weighted by Gasteiger charge is 2.16. The molecule has 2 aromatic carbocycles. The fourth-order valence-electron chi connectivity index (χ4n) is 2.17. The van der Waals surface area contributed by atoms with Crippen LogP contribution in [0.4, 0.5) is 5.69 Å². The lowest BCUT2D eigenvalue weighted by Gasteiger charge is -2.15. The molecule has 23 heavy (non-hydrogen) atoms. The summed E-state index contributed by atoms with van der Waals surface area (Å²) in [5.74, 6) is -0.849. The van der Waals surface area contributed by atoms with Gasteiger partial charge in [-0.15, -0.1) is 0 Å². The van der Waals surface area contributed by atoms with E-state index in [9.17, 15) is 9.90 Å². The molecule has 1 atom stereocenters. The smallest absolute Gasteiger partial charge is 0.321 e. The van der Waals surface area contributed by atoms with Crippen LogP contribution >= 0.6 is 27.5 Å². The Balaban J connectivity index is 1.83. The predicted octanol–water partition coefficient (Wildman–Crippen LogP) is 3.80. The summed E-state index contributed by atoms with van der Waals surface area (Å²) in [6.07, 6.45) is 0.455. The molecule has 0 amide bonds. The summed E-state index contributed by atoms with van der Waals surface area (Å²) in [6, 6.07) is 14.5. The topological polar surface area (TPSA) is 61.4 Å². The van der Waals surface area contributed by atoms with Gasteiger partial charge in [0.05, 0.1) is 0 Å². The van der Waals surface area contributed by atoms with Crippen molar-refractivity contribution in [2.24, 2.45) is 0 Å². The number of hydrogen-bond donors (Lipinski definition) is 3. The molecule has 0 radical (unpaired) electrons. The van der Waals surface area contributed by atoms with Crippen molar-refractivity contribution in [1.29, 1.82) is 0 Å². The van der Waals surface area contributed by atoms with Crippen LogP contribution in [-0.2, 0) is 11.2 Å². The van der Waals surface area contributed by atoms with E-state index in [4.69, 9.17) is 11.6 Å². The number of nitrogens with one attached hydrogen (secondary N) is 2. The third kappa shape index (κ3) is 5.86. The molecule has 4 nitrogen and oxygen atoms in total. The Kier molecular flexibility index (Phi) is 6.89. The van der Waals surface area contributed by atoms with Crippen molar-refractivity contribution in [1.82, 2.24) is 5.32 Å². The lowest BCUT2D eigenvalue weighted by atomic mass is 10.1. The van der Waals surface area contributed by atoms with Gasteiger partial charge in [-0.2, -0.15) is 0 Å². The quantitative estimate of drug-likeness (QED) is 0.593. The Bertz CT molecular complexity index is 652. The van der Waals surface area contributed by atoms with Crippen LogP contribution in [0.5, 0.6) is 0 Å². The third-order valence-electron chi connectivity index (χ3n) is 3.34. The first-order valence-electron chi connectivity index (χ1n) is 7.25. The second-order valence-corrected chi connectivity index (χ2v) is 6.38. The first kappa shape index (κ1) is 17.8. The number of halogens is 2. The standard InChI is InChI=1S/C17H18BrClN2O2/c18-14-7-6-13(19)11-15(14)20-8-9-21-16(17(22)23)10-12-4-2-1-3-5-12/h1-7,11,16,20-21H,8-10H2,(H,22,23). The average molecular weight is 398 g/mol. The summed E-state index contributed by atoms with van der Waals surface area (Å²) in [7, 11) is 0. The average Bonchev–Trinajstić information content (AvgIpc) is 2.54. The number of hydrogen-bond acceptors (Lipinski definition) is 3. The Morgan fingerprint density at radius 1 is 1.17 bits per heavy atom. The van der Waals surface area contributed by atoms with Crippen LogP contribution in [0.2, 0.25) is 5.02 Å². The minimum absolute atomic E-state index is 0.455. The van der Waals surface area contributed by atoms with E-state index in [1.807, 2.05) is 42.5 Å². The van der Waals surface area contributed by atoms with Crippen LogP contribution in [0.25, 0.3) is 0 Å². The molecule has 0 aliphatic carbocycles. The molecule has 0 aliphatic rings. The number of carbonyl (C=O) groups is 1. The highest BCUT2D eigenvalue weighted by Crippen LogP contribution is 2.25. The number of aliphatic carboxylic acids is 1. The molecule has 0 saturated heterocycles. The summed E-state index contributed by atoms with van der Waals surface area (Å²) in [4.78, 5) is 11.4. The monoisotopic (exact) mass is 396 g/mol. The normalized spacial score (nSPS) is 11.9. The molecular weight excluding hydrogens is 380 g/mol. The highest BCUT2D eigenvalue weighted by molar-refractivity contribution is 9.10. The molecule has 0 spiro atoms. The van der Waals surface area contributed by atoms with Crippen LogP contribution in [0.1, 0.15) is 5.56 Å². The maximum Gasteiger partial charge on any atom is 0.321 e. The zero-order chi connectivity index (χ0) is 16.7. The molecule has 0 fully saturated rings. The molecule has 0 saturated carbocycles. The second kappa shape index (κ2) is 8.91. The van der Waals surface area contributed by atoms with Crippen LogP contribution < -0.4 is 10.6 Å². The van der Waals surface area contributed by atoms with Crippen molar-refractivity contribution >= 4 is 39.2 Å². The van der Waals surface area contributed by atoms with E-state index in [1.54, 1.807) is 6.07 Å². The van der Waals surface area contributed by atoms with Gasteiger partial charge in [0.1, 0.15) is 6.04 Å². The number of anilines is 1. The van der Waals surface area contributed by atoms with E-state index in [0.717, 1.165) is 15.7 Å². The van der Waals surface area contributed by atoms with Crippen LogP contribution in [0.3, 0.4) is 0 Å². The summed E-state index contributed by atoms with van der Waals surface area (Å²) >= 11 is 9.40. The summed E-state index contributed by atoms with van der Waals surface area (Å²) in [5, 5.41) is 16.3. The molecule has 3 N–H and O–H groups in total. The van der Waals surface area contributed by atoms with Crippen molar-refractivity contribution in [3.63, 3.8) is 0 Å². The van der Waals surface area contributed by atoms with E-state index in [0.29, 0.717) is 24.5 Å². The second-order valence-electron chi connectivity index (χ2n) is 5.09. The van der Waals surface area contributed by atoms with Crippen molar-refractivity contribution in [2.45, 2.75) is 12.5 Å². The van der Waals surface area contributed by atoms with Crippen molar-refractivity contribution < 1.29 is 9.90 Å². The maximum atomic E-state index is 11.4. The van der Waals surface area contributed by atoms with Crippen LogP contribution in [-0.4, -0.2) is 30.2 Å². The Morgan fingerprint density at radius 3 is 2.61 bits per heavy atom. The van der Waals surface area contributed by atoms with Crippen molar-refractivity contribution in [2.75, 3.05) is 18.4 Å². The van der Waals surface area contributed by atoms with Crippen molar-refractivity contribution in [3.05, 3.63) is 63.6 Å². The lowest BCUT2D eigenvalue weighted by molar-refractivity contribution is -0.139. The van der Waals surface area contributed by atoms with Crippen LogP contribution in [0.15, 0.2) is 53.0 Å². The summed E-state index contributed by atoms with van der Waals surface area (Å²) in [5.41, 5.74) is 1.88. The van der Waals surface area contributed by atoms with Gasteiger partial charge in [0.15, 0.2) is 0 Å². The van der Waals surface area contributed by atoms with Gasteiger partial charge in [-0.25, -0.2) is 0 Å². The van der Waals surface area contributed by atoms with Gasteiger partial charge in [0.25, 0.3) is 0 Å². The fourth-order valence-corrected chi connectivity index (χ4v) is 2.73. The zero-order valence-corrected chi connectivity index (χ0v) is 14.8. The Hall–Kier alpha value is -1.56. The minimum Gasteiger partial charge on any atom is -0.480 e. The van der Waals surface area contributed by atoms with Gasteiger partial charge in [-0.05, 0) is 46.1 Å². The van der Waals surface area contributed by atoms with Gasteiger partial charge in [-0.1, -0.05) is 41.9 Å². The van der Waals surface area contributed by atoms with E-state index < -0.39 is 12.0 Å². The summed E-state index contributed by atoms with van der Waals surface area (Å²) in [6.45, 7) is 1.13. The van der Waals surface area contributed by atoms with Crippen LogP contribution in [0, 0.1) is 0 Å². The molecule has 0 aliphatic heterocycles. The molecule has 122 valence electrons. The lowest BCUT2D eigenvalue weighted by Crippen LogP contribution is -2.40. The van der Waals surface area contributed by atoms with Gasteiger partial charge >= 0.3 is 5.97 Å². The SMILES string of the molecule is O=C(O)C(Cc1ccccc1)NCCNc1cc(Cl)ccc1Br. The molecule has 0 aromatic heterocycles. The molecule has 0 bridgehead atoms. The van der Waals surface area contributed by atoms with Gasteiger partial charge in [0, 0.05) is 28.3 Å². The van der Waals surface area contributed by atoms with E-state index in [1.165, 1.54) is 0 Å². The fraction of sp³-hybridized carbons (Fsp3) is 0.235. The first-order valence-corrected chi connectivity index (χ1v) is 8.42. The molecule has 0 heterocycles. The van der Waals surface area contributed by atoms with Gasteiger partial charge < -0.3 is 15.7 Å². The van der Waals surface area contributed by atoms with E-state index >= 15 is 0 Å². The molecule has 2 aromatic rings. The number of benzene rings is 2. The highest BCUT2D eigenvalue weighted by atomic mass is 79.9. The number of carboxylic acids is 1. The maximum absolute atomic E-state index is 11.4. The van der Waals surface area contributed by atoms with Crippen molar-refractivity contribution in [3.8, 4) is 0 Å². The molecular formula is C17H18BrClN2O2. The van der Waals surface area contributed by atoms with E-state index in [-0.39, 0.29) is 0 Å². The number of carboxylic acid groups (broad SMARTS) is 1. The largest absolute Gasteiger partial charge is 0.480 e. The minimum atomic E-state index is -0.849. The zero-order valence-electron chi connectivity index (χ0n) is 12.4. The van der Waals surface area contributed by atoms with Gasteiger partial charge in [-0.3, -0.25) is 4.79 Å². The van der Waals surface area contributed by atoms with Gasteiger partial charge in [0.2, 0.25) is 0 Å². The molecule has 2 rings (SSSR count). The number of rotatable bonds is 8. The summed E-state index contributed by atoms with van der Waals surface area (Å²) < 4.78 is 0.918. The third-order valence-corrected chi connectivity index (χ3v) is 4.27. The van der Waals surface area contributed by atoms with E-state index in [2.05, 4.69) is 26.6 Å². The predicted molar refractivity (Wildman–Crippen MR) is 97.2 cm³/mol.